The summed E-state index contributed by atoms with van der Waals surface area (Å²) in [4.78, 5) is 60.8. The number of aliphatic carboxylic acids is 1. The summed E-state index contributed by atoms with van der Waals surface area (Å²) in [7, 11) is 0. The van der Waals surface area contributed by atoms with E-state index in [1.54, 1.807) is 30.3 Å². The van der Waals surface area contributed by atoms with Crippen LogP contribution in [0.3, 0.4) is 0 Å². The topological polar surface area (TPSA) is 244 Å². The number of imidazole rings is 1. The first kappa shape index (κ1) is 29.8. The second kappa shape index (κ2) is 14.9. The van der Waals surface area contributed by atoms with Crippen molar-refractivity contribution >= 4 is 29.7 Å². The molecule has 38 heavy (non-hydrogen) atoms. The van der Waals surface area contributed by atoms with Crippen LogP contribution in [0.4, 0.5) is 0 Å². The SMILES string of the molecule is CC(NC(=O)C(N)CCCN=C(N)N)C(=O)NC(Cc1cnc[nH]1)C(=O)NC(Cc1ccccc1)C(=O)O. The molecule has 3 amide bonds. The van der Waals surface area contributed by atoms with Crippen molar-refractivity contribution in [1.82, 2.24) is 25.9 Å². The van der Waals surface area contributed by atoms with E-state index in [-0.39, 0.29) is 18.8 Å². The Hall–Kier alpha value is -4.46. The lowest BCUT2D eigenvalue weighted by Gasteiger charge is -2.23. The van der Waals surface area contributed by atoms with E-state index in [0.717, 1.165) is 5.56 Å². The van der Waals surface area contributed by atoms with E-state index in [1.807, 2.05) is 0 Å². The summed E-state index contributed by atoms with van der Waals surface area (Å²) in [5, 5.41) is 17.2. The van der Waals surface area contributed by atoms with Crippen LogP contribution in [0.2, 0.25) is 0 Å². The Morgan fingerprint density at radius 2 is 1.68 bits per heavy atom. The molecule has 0 aliphatic heterocycles. The second-order valence-electron chi connectivity index (χ2n) is 8.72. The van der Waals surface area contributed by atoms with E-state index < -0.39 is 47.9 Å². The number of nitrogens with zero attached hydrogens (tertiary/aromatic N) is 2. The largest absolute Gasteiger partial charge is 0.480 e. The third-order valence-corrected chi connectivity index (χ3v) is 5.57. The number of carbonyl (C=O) groups is 4. The summed E-state index contributed by atoms with van der Waals surface area (Å²) in [6.07, 6.45) is 3.73. The van der Waals surface area contributed by atoms with Gasteiger partial charge in [-0.15, -0.1) is 0 Å². The van der Waals surface area contributed by atoms with Crippen LogP contribution in [0.25, 0.3) is 0 Å². The predicted octanol–water partition coefficient (Wildman–Crippen LogP) is -1.87. The van der Waals surface area contributed by atoms with Gasteiger partial charge in [0.1, 0.15) is 18.1 Å². The molecule has 0 radical (unpaired) electrons. The van der Waals surface area contributed by atoms with Gasteiger partial charge in [-0.2, -0.15) is 0 Å². The van der Waals surface area contributed by atoms with E-state index in [0.29, 0.717) is 25.1 Å². The maximum Gasteiger partial charge on any atom is 0.326 e. The summed E-state index contributed by atoms with van der Waals surface area (Å²) < 4.78 is 0. The van der Waals surface area contributed by atoms with Crippen LogP contribution in [0.15, 0.2) is 47.8 Å². The average Bonchev–Trinajstić information content (AvgIpc) is 3.39. The Labute approximate surface area is 219 Å². The quantitative estimate of drug-likeness (QED) is 0.0731. The fourth-order valence-corrected chi connectivity index (χ4v) is 3.48. The van der Waals surface area contributed by atoms with E-state index in [1.165, 1.54) is 19.4 Å². The Kier molecular flexibility index (Phi) is 11.7. The zero-order valence-electron chi connectivity index (χ0n) is 21.1. The predicted molar refractivity (Wildman–Crippen MR) is 139 cm³/mol. The summed E-state index contributed by atoms with van der Waals surface area (Å²) in [5.41, 5.74) is 17.7. The van der Waals surface area contributed by atoms with Gasteiger partial charge in [-0.1, -0.05) is 30.3 Å². The molecule has 14 heteroatoms. The van der Waals surface area contributed by atoms with Crippen LogP contribution < -0.4 is 33.2 Å². The molecule has 1 aromatic carbocycles. The van der Waals surface area contributed by atoms with Gasteiger partial charge in [-0.05, 0) is 25.3 Å². The normalized spacial score (nSPS) is 13.8. The standard InChI is InChI=1S/C24H35N9O5/c1-14(31-21(35)17(25)8-5-9-29-24(26)27)20(34)32-18(11-16-12-28-13-30-16)22(36)33-19(23(37)38)10-15-6-3-2-4-7-15/h2-4,6-7,12-14,17-19H,5,8-11,25H2,1H3,(H,28,30)(H,31,35)(H,32,34)(H,33,36)(H,37,38)(H4,26,27,29). The number of carbonyl (C=O) groups excluding carboxylic acids is 3. The molecule has 4 atom stereocenters. The number of aromatic nitrogens is 2. The first-order chi connectivity index (χ1) is 18.1. The number of aromatic amines is 1. The van der Waals surface area contributed by atoms with E-state index in [4.69, 9.17) is 17.2 Å². The molecule has 0 spiro atoms. The van der Waals surface area contributed by atoms with Crippen LogP contribution in [-0.4, -0.2) is 75.4 Å². The highest BCUT2D eigenvalue weighted by Gasteiger charge is 2.29. The van der Waals surface area contributed by atoms with Crippen LogP contribution in [-0.2, 0) is 32.0 Å². The lowest BCUT2D eigenvalue weighted by atomic mass is 10.0. The molecule has 14 nitrogen and oxygen atoms in total. The summed E-state index contributed by atoms with van der Waals surface area (Å²) in [5.74, 6) is -3.19. The van der Waals surface area contributed by atoms with Crippen molar-refractivity contribution < 1.29 is 24.3 Å². The molecule has 0 bridgehead atoms. The van der Waals surface area contributed by atoms with E-state index in [9.17, 15) is 24.3 Å². The summed E-state index contributed by atoms with van der Waals surface area (Å²) in [6, 6.07) is 4.55. The minimum absolute atomic E-state index is 0.0141. The van der Waals surface area contributed by atoms with Crippen molar-refractivity contribution in [2.45, 2.75) is 56.8 Å². The third kappa shape index (κ3) is 10.3. The number of hydrogen-bond acceptors (Lipinski definition) is 7. The Morgan fingerprint density at radius 3 is 2.29 bits per heavy atom. The van der Waals surface area contributed by atoms with Gasteiger partial charge in [0, 0.05) is 31.3 Å². The van der Waals surface area contributed by atoms with Gasteiger partial charge in [0.05, 0.1) is 12.4 Å². The minimum atomic E-state index is -1.22. The number of aliphatic imine (C=N–C) groups is 1. The average molecular weight is 530 g/mol. The van der Waals surface area contributed by atoms with Crippen molar-refractivity contribution in [3.05, 3.63) is 54.1 Å². The van der Waals surface area contributed by atoms with Crippen LogP contribution in [0.1, 0.15) is 31.0 Å². The van der Waals surface area contributed by atoms with Crippen molar-refractivity contribution in [1.29, 1.82) is 0 Å². The van der Waals surface area contributed by atoms with Crippen molar-refractivity contribution in [3.63, 3.8) is 0 Å². The molecule has 1 heterocycles. The molecule has 206 valence electrons. The fourth-order valence-electron chi connectivity index (χ4n) is 3.48. The Balaban J connectivity index is 2.02. The fraction of sp³-hybridized carbons (Fsp3) is 0.417. The highest BCUT2D eigenvalue weighted by molar-refractivity contribution is 5.94. The highest BCUT2D eigenvalue weighted by Crippen LogP contribution is 2.06. The van der Waals surface area contributed by atoms with Crippen LogP contribution in [0.5, 0.6) is 0 Å². The van der Waals surface area contributed by atoms with Gasteiger partial charge in [-0.3, -0.25) is 19.4 Å². The minimum Gasteiger partial charge on any atom is -0.480 e. The number of nitrogens with one attached hydrogen (secondary N) is 4. The number of rotatable bonds is 15. The molecule has 1 aromatic heterocycles. The number of guanidine groups is 1. The number of hydrogen-bond donors (Lipinski definition) is 8. The molecule has 0 saturated carbocycles. The summed E-state index contributed by atoms with van der Waals surface area (Å²) >= 11 is 0. The zero-order chi connectivity index (χ0) is 28.1. The lowest BCUT2D eigenvalue weighted by Crippen LogP contribution is -2.57. The van der Waals surface area contributed by atoms with Gasteiger partial charge >= 0.3 is 5.97 Å². The van der Waals surface area contributed by atoms with Gasteiger partial charge in [0.15, 0.2) is 5.96 Å². The monoisotopic (exact) mass is 529 g/mol. The van der Waals surface area contributed by atoms with Crippen molar-refractivity contribution in [2.24, 2.45) is 22.2 Å². The zero-order valence-corrected chi connectivity index (χ0v) is 21.1. The summed E-state index contributed by atoms with van der Waals surface area (Å²) in [6.45, 7) is 1.76. The Morgan fingerprint density at radius 1 is 1.00 bits per heavy atom. The van der Waals surface area contributed by atoms with Crippen LogP contribution in [0, 0.1) is 0 Å². The Bertz CT molecular complexity index is 1090. The molecular formula is C24H35N9O5. The van der Waals surface area contributed by atoms with Gasteiger partial charge < -0.3 is 43.2 Å². The van der Waals surface area contributed by atoms with E-state index >= 15 is 0 Å². The first-order valence-electron chi connectivity index (χ1n) is 12.0. The number of H-pyrrole nitrogens is 1. The molecule has 2 rings (SSSR count). The lowest BCUT2D eigenvalue weighted by molar-refractivity contribution is -0.142. The maximum atomic E-state index is 13.1. The number of benzene rings is 1. The number of amides is 3. The van der Waals surface area contributed by atoms with E-state index in [2.05, 4.69) is 30.9 Å². The smallest absolute Gasteiger partial charge is 0.326 e. The number of carboxylic acid groups (broad SMARTS) is 1. The maximum absolute atomic E-state index is 13.1. The number of carboxylic acids is 1. The molecule has 0 aliphatic carbocycles. The molecule has 11 N–H and O–H groups in total. The van der Waals surface area contributed by atoms with Crippen molar-refractivity contribution in [3.8, 4) is 0 Å². The molecule has 0 aliphatic rings. The van der Waals surface area contributed by atoms with Gasteiger partial charge in [0.2, 0.25) is 17.7 Å². The molecule has 2 aromatic rings. The van der Waals surface area contributed by atoms with Crippen molar-refractivity contribution in [2.75, 3.05) is 6.54 Å². The van der Waals surface area contributed by atoms with Gasteiger partial charge in [-0.25, -0.2) is 9.78 Å². The van der Waals surface area contributed by atoms with Crippen LogP contribution >= 0.6 is 0 Å². The first-order valence-corrected chi connectivity index (χ1v) is 12.0. The number of nitrogens with two attached hydrogens (primary N) is 3. The molecule has 0 saturated heterocycles. The molecule has 0 fully saturated rings. The second-order valence-corrected chi connectivity index (χ2v) is 8.72. The molecular weight excluding hydrogens is 494 g/mol. The van der Waals surface area contributed by atoms with Gasteiger partial charge in [0.25, 0.3) is 0 Å². The third-order valence-electron chi connectivity index (χ3n) is 5.57. The molecule has 4 unspecified atom stereocenters. The highest BCUT2D eigenvalue weighted by atomic mass is 16.4.